The summed E-state index contributed by atoms with van der Waals surface area (Å²) in [6.07, 6.45) is 3.60. The Morgan fingerprint density at radius 2 is 2.18 bits per heavy atom. The van der Waals surface area contributed by atoms with Crippen LogP contribution < -0.4 is 5.32 Å². The minimum absolute atomic E-state index is 0.00152. The van der Waals surface area contributed by atoms with E-state index in [1.54, 1.807) is 0 Å². The fourth-order valence-electron chi connectivity index (χ4n) is 4.48. The van der Waals surface area contributed by atoms with Crippen LogP contribution in [-0.2, 0) is 9.53 Å². The molecular formula is C17H23N3O2. The van der Waals surface area contributed by atoms with E-state index >= 15 is 0 Å². The molecule has 0 amide bonds. The van der Waals surface area contributed by atoms with E-state index in [1.807, 2.05) is 0 Å². The monoisotopic (exact) mass is 301 g/mol. The van der Waals surface area contributed by atoms with Gasteiger partial charge in [0.2, 0.25) is 0 Å². The molecule has 4 aliphatic rings. The van der Waals surface area contributed by atoms with Crippen LogP contribution in [0.15, 0.2) is 32.9 Å². The average Bonchev–Trinajstić information content (AvgIpc) is 3.04. The van der Waals surface area contributed by atoms with Gasteiger partial charge in [-0.3, -0.25) is 4.79 Å². The number of allylic oxidation sites excluding steroid dienone is 1. The highest BCUT2D eigenvalue weighted by Gasteiger charge is 2.54. The van der Waals surface area contributed by atoms with Gasteiger partial charge in [-0.1, -0.05) is 20.8 Å². The zero-order valence-electron chi connectivity index (χ0n) is 13.5. The third kappa shape index (κ3) is 1.84. The molecule has 22 heavy (non-hydrogen) atoms. The Morgan fingerprint density at radius 1 is 1.36 bits per heavy atom. The van der Waals surface area contributed by atoms with Crippen molar-refractivity contribution in [1.29, 1.82) is 0 Å². The predicted molar refractivity (Wildman–Crippen MR) is 82.0 cm³/mol. The third-order valence-corrected chi connectivity index (χ3v) is 5.48. The lowest BCUT2D eigenvalue weighted by Gasteiger charge is -2.43. The molecule has 1 spiro atoms. The molecule has 118 valence electrons. The van der Waals surface area contributed by atoms with E-state index in [4.69, 9.17) is 4.74 Å². The molecule has 4 rings (SSSR count). The molecule has 0 aromatic carbocycles. The number of nitrogens with zero attached hydrogens (tertiary/aromatic N) is 2. The largest absolute Gasteiger partial charge is 0.377 e. The summed E-state index contributed by atoms with van der Waals surface area (Å²) < 4.78 is 6.02. The number of azo groups is 1. The van der Waals surface area contributed by atoms with Crippen molar-refractivity contribution >= 4 is 5.78 Å². The smallest absolute Gasteiger partial charge is 0.162 e. The highest BCUT2D eigenvalue weighted by molar-refractivity contribution is 6.00. The van der Waals surface area contributed by atoms with Crippen LogP contribution in [-0.4, -0.2) is 25.0 Å². The van der Waals surface area contributed by atoms with E-state index in [0.29, 0.717) is 19.6 Å². The first kappa shape index (κ1) is 14.1. The number of fused-ring (bicyclic) bond motifs is 2. The van der Waals surface area contributed by atoms with Gasteiger partial charge in [-0.25, -0.2) is 0 Å². The Bertz CT molecular complexity index is 644. The zero-order valence-corrected chi connectivity index (χ0v) is 13.5. The standard InChI is InChI=1S/C17H23N3O2/c1-4-10-5-17(9-22-10)11-8-18-20-15(11)19-12-6-16(2,3)7-13(21)14(12)17/h10,19H,4-9H2,1-3H3/t10-,17-/m0/s1. The second-order valence-electron chi connectivity index (χ2n) is 7.77. The number of carbonyl (C=O) groups is 1. The van der Waals surface area contributed by atoms with Gasteiger partial charge in [0.1, 0.15) is 0 Å². The topological polar surface area (TPSA) is 63.1 Å². The third-order valence-electron chi connectivity index (χ3n) is 5.48. The average molecular weight is 301 g/mol. The molecule has 0 aromatic rings. The number of nitrogens with one attached hydrogen (secondary N) is 1. The summed E-state index contributed by atoms with van der Waals surface area (Å²) in [5.41, 5.74) is 2.90. The summed E-state index contributed by atoms with van der Waals surface area (Å²) in [7, 11) is 0. The van der Waals surface area contributed by atoms with Crippen LogP contribution in [0.25, 0.3) is 0 Å². The Kier molecular flexibility index (Phi) is 2.89. The predicted octanol–water partition coefficient (Wildman–Crippen LogP) is 3.10. The molecule has 0 radical (unpaired) electrons. The molecule has 1 fully saturated rings. The maximum atomic E-state index is 13.0. The Hall–Kier alpha value is -1.49. The van der Waals surface area contributed by atoms with E-state index in [-0.39, 0.29) is 22.7 Å². The molecule has 5 heteroatoms. The normalized spacial score (nSPS) is 36.0. The Balaban J connectivity index is 1.84. The van der Waals surface area contributed by atoms with E-state index in [0.717, 1.165) is 41.9 Å². The molecule has 1 saturated heterocycles. The van der Waals surface area contributed by atoms with Crippen molar-refractivity contribution in [2.75, 3.05) is 13.2 Å². The second-order valence-corrected chi connectivity index (χ2v) is 7.77. The lowest BCUT2D eigenvalue weighted by Crippen LogP contribution is -2.44. The highest BCUT2D eigenvalue weighted by atomic mass is 16.5. The van der Waals surface area contributed by atoms with Crippen molar-refractivity contribution in [3.8, 4) is 0 Å². The maximum absolute atomic E-state index is 13.0. The molecule has 3 heterocycles. The molecule has 1 aliphatic carbocycles. The number of Topliss-reactive ketones (excluding diaryl/α,β-unsaturated/α-hetero) is 1. The number of carbonyl (C=O) groups excluding carboxylic acids is 1. The molecule has 1 N–H and O–H groups in total. The first-order valence-corrected chi connectivity index (χ1v) is 8.22. The van der Waals surface area contributed by atoms with Crippen molar-refractivity contribution in [2.24, 2.45) is 21.1 Å². The zero-order chi connectivity index (χ0) is 15.5. The first-order valence-electron chi connectivity index (χ1n) is 8.22. The van der Waals surface area contributed by atoms with Crippen molar-refractivity contribution in [3.05, 3.63) is 22.7 Å². The summed E-state index contributed by atoms with van der Waals surface area (Å²) in [5, 5.41) is 11.9. The van der Waals surface area contributed by atoms with Gasteiger partial charge >= 0.3 is 0 Å². The van der Waals surface area contributed by atoms with Gasteiger partial charge in [-0.05, 0) is 24.7 Å². The van der Waals surface area contributed by atoms with Gasteiger partial charge in [0, 0.05) is 23.3 Å². The molecular weight excluding hydrogens is 278 g/mol. The van der Waals surface area contributed by atoms with Gasteiger partial charge in [-0.15, -0.1) is 5.11 Å². The van der Waals surface area contributed by atoms with Gasteiger partial charge in [0.15, 0.2) is 11.6 Å². The summed E-state index contributed by atoms with van der Waals surface area (Å²) >= 11 is 0. The number of ketones is 1. The van der Waals surface area contributed by atoms with Crippen LogP contribution in [0.5, 0.6) is 0 Å². The molecule has 5 nitrogen and oxygen atoms in total. The van der Waals surface area contributed by atoms with Crippen molar-refractivity contribution in [2.45, 2.75) is 52.6 Å². The van der Waals surface area contributed by atoms with Crippen LogP contribution in [0.1, 0.15) is 46.5 Å². The fraction of sp³-hybridized carbons (Fsp3) is 0.706. The lowest BCUT2D eigenvalue weighted by atomic mass is 9.62. The van der Waals surface area contributed by atoms with Crippen LogP contribution in [0.3, 0.4) is 0 Å². The van der Waals surface area contributed by atoms with Crippen molar-refractivity contribution in [3.63, 3.8) is 0 Å². The second kappa shape index (κ2) is 4.51. The van der Waals surface area contributed by atoms with Gasteiger partial charge < -0.3 is 10.1 Å². The van der Waals surface area contributed by atoms with E-state index < -0.39 is 0 Å². The minimum atomic E-state index is -0.284. The number of rotatable bonds is 1. The first-order chi connectivity index (χ1) is 10.5. The molecule has 3 aliphatic heterocycles. The summed E-state index contributed by atoms with van der Waals surface area (Å²) in [5.74, 6) is 1.14. The van der Waals surface area contributed by atoms with E-state index in [9.17, 15) is 4.79 Å². The van der Waals surface area contributed by atoms with Gasteiger partial charge in [0.05, 0.1) is 24.7 Å². The van der Waals surface area contributed by atoms with Crippen LogP contribution >= 0.6 is 0 Å². The summed E-state index contributed by atoms with van der Waals surface area (Å²) in [6, 6.07) is 0. The number of ether oxygens (including phenoxy) is 1. The number of hydrogen-bond acceptors (Lipinski definition) is 5. The van der Waals surface area contributed by atoms with Crippen LogP contribution in [0.2, 0.25) is 0 Å². The SMILES string of the molecule is CC[C@H]1C[C@]2(CO1)C1=C(N=NC1)NC1=C2C(=O)CC(C)(C)C1. The Morgan fingerprint density at radius 3 is 2.91 bits per heavy atom. The summed E-state index contributed by atoms with van der Waals surface area (Å²) in [6.45, 7) is 7.65. The molecule has 0 saturated carbocycles. The van der Waals surface area contributed by atoms with Crippen LogP contribution in [0.4, 0.5) is 0 Å². The molecule has 0 bridgehead atoms. The fourth-order valence-corrected chi connectivity index (χ4v) is 4.48. The molecule has 2 atom stereocenters. The van der Waals surface area contributed by atoms with E-state index in [1.165, 1.54) is 0 Å². The Labute approximate surface area is 130 Å². The highest BCUT2D eigenvalue weighted by Crippen LogP contribution is 2.55. The van der Waals surface area contributed by atoms with Crippen molar-refractivity contribution < 1.29 is 9.53 Å². The number of dihydropyridines is 1. The van der Waals surface area contributed by atoms with Gasteiger partial charge in [0.25, 0.3) is 0 Å². The lowest BCUT2D eigenvalue weighted by molar-refractivity contribution is -0.119. The molecule has 0 aromatic heterocycles. The molecule has 0 unspecified atom stereocenters. The van der Waals surface area contributed by atoms with Crippen molar-refractivity contribution in [1.82, 2.24) is 5.32 Å². The van der Waals surface area contributed by atoms with Crippen LogP contribution in [0, 0.1) is 10.8 Å². The van der Waals surface area contributed by atoms with Gasteiger partial charge in [-0.2, -0.15) is 5.11 Å². The maximum Gasteiger partial charge on any atom is 0.162 e. The number of hydrogen-bond donors (Lipinski definition) is 1. The van der Waals surface area contributed by atoms with E-state index in [2.05, 4.69) is 36.3 Å². The minimum Gasteiger partial charge on any atom is -0.377 e. The summed E-state index contributed by atoms with van der Waals surface area (Å²) in [4.78, 5) is 13.0. The quantitative estimate of drug-likeness (QED) is 0.809.